The zero-order valence-corrected chi connectivity index (χ0v) is 9.51. The number of carbonyl (C=O) groups is 1. The zero-order valence-electron chi connectivity index (χ0n) is 9.51. The van der Waals surface area contributed by atoms with Crippen LogP contribution in [0, 0.1) is 0 Å². The lowest BCUT2D eigenvalue weighted by Crippen LogP contribution is -2.33. The molecule has 0 aromatic carbocycles. The molecule has 1 amide bonds. The van der Waals surface area contributed by atoms with Gasteiger partial charge < -0.3 is 15.4 Å². The molecule has 0 bridgehead atoms. The summed E-state index contributed by atoms with van der Waals surface area (Å²) in [5, 5.41) is 4.29. The lowest BCUT2D eigenvalue weighted by atomic mass is 10.2. The van der Waals surface area contributed by atoms with E-state index in [1.54, 1.807) is 24.8 Å². The number of nitrogens with two attached hydrogens (primary N) is 1. The van der Waals surface area contributed by atoms with E-state index >= 15 is 0 Å². The van der Waals surface area contributed by atoms with Crippen molar-refractivity contribution in [1.29, 1.82) is 0 Å². The highest BCUT2D eigenvalue weighted by atomic mass is 16.5. The normalized spacial score (nSPS) is 15.9. The van der Waals surface area contributed by atoms with Crippen LogP contribution in [0.2, 0.25) is 0 Å². The maximum Gasteiger partial charge on any atom is 0.273 e. The second kappa shape index (κ2) is 4.23. The van der Waals surface area contributed by atoms with E-state index in [1.807, 2.05) is 0 Å². The van der Waals surface area contributed by atoms with Crippen molar-refractivity contribution in [1.82, 2.24) is 14.7 Å². The second-order valence-electron chi connectivity index (χ2n) is 4.06. The van der Waals surface area contributed by atoms with Crippen molar-refractivity contribution in [3.63, 3.8) is 0 Å². The summed E-state index contributed by atoms with van der Waals surface area (Å²) in [4.78, 5) is 13.2. The van der Waals surface area contributed by atoms with Crippen LogP contribution < -0.4 is 5.73 Å². The summed E-state index contributed by atoms with van der Waals surface area (Å²) < 4.78 is 6.91. The Morgan fingerprint density at radius 1 is 1.69 bits per heavy atom. The zero-order chi connectivity index (χ0) is 11.7. The first-order chi connectivity index (χ1) is 7.63. The van der Waals surface area contributed by atoms with E-state index in [-0.39, 0.29) is 11.9 Å². The molecule has 88 valence electrons. The predicted octanol–water partition coefficient (Wildman–Crippen LogP) is -0.385. The van der Waals surface area contributed by atoms with E-state index in [4.69, 9.17) is 10.5 Å². The van der Waals surface area contributed by atoms with Crippen LogP contribution >= 0.6 is 0 Å². The van der Waals surface area contributed by atoms with Gasteiger partial charge in [-0.05, 0) is 6.07 Å². The molecule has 1 aromatic rings. The van der Waals surface area contributed by atoms with Crippen molar-refractivity contribution in [3.8, 4) is 0 Å². The van der Waals surface area contributed by atoms with Crippen molar-refractivity contribution in [2.24, 2.45) is 5.73 Å². The predicted molar refractivity (Wildman–Crippen MR) is 58.0 cm³/mol. The van der Waals surface area contributed by atoms with E-state index in [1.165, 1.54) is 4.90 Å². The van der Waals surface area contributed by atoms with E-state index < -0.39 is 0 Å². The third kappa shape index (κ3) is 1.81. The smallest absolute Gasteiger partial charge is 0.273 e. The van der Waals surface area contributed by atoms with Gasteiger partial charge in [-0.15, -0.1) is 0 Å². The van der Waals surface area contributed by atoms with Crippen LogP contribution in [0.25, 0.3) is 0 Å². The summed E-state index contributed by atoms with van der Waals surface area (Å²) in [5.41, 5.74) is 6.95. The molecule has 1 aliphatic rings. The van der Waals surface area contributed by atoms with Crippen LogP contribution in [0.5, 0.6) is 0 Å². The Morgan fingerprint density at radius 2 is 2.38 bits per heavy atom. The summed E-state index contributed by atoms with van der Waals surface area (Å²) in [6, 6.07) is 1.97. The van der Waals surface area contributed by atoms with Crippen LogP contribution in [-0.2, 0) is 11.3 Å². The van der Waals surface area contributed by atoms with Crippen LogP contribution in [0.15, 0.2) is 6.07 Å². The van der Waals surface area contributed by atoms with E-state index in [0.717, 1.165) is 5.69 Å². The average molecular weight is 224 g/mol. The van der Waals surface area contributed by atoms with E-state index in [0.29, 0.717) is 25.5 Å². The molecular weight excluding hydrogens is 208 g/mol. The molecular formula is C10H16N4O2. The van der Waals surface area contributed by atoms with Crippen molar-refractivity contribution >= 4 is 5.91 Å². The molecule has 1 aliphatic heterocycles. The van der Waals surface area contributed by atoms with Crippen LogP contribution in [0.1, 0.15) is 22.2 Å². The number of carbonyl (C=O) groups excluding carboxylic acids is 1. The molecule has 6 heteroatoms. The average Bonchev–Trinajstić information content (AvgIpc) is 2.57. The number of nitrogens with zero attached hydrogens (tertiary/aromatic N) is 3. The molecule has 0 spiro atoms. The SMILES string of the molecule is CN(C)C(=O)c1cc(CN)n(C2COC2)n1. The highest BCUT2D eigenvalue weighted by Gasteiger charge is 2.25. The second-order valence-corrected chi connectivity index (χ2v) is 4.06. The quantitative estimate of drug-likeness (QED) is 0.759. The van der Waals surface area contributed by atoms with Crippen LogP contribution in [-0.4, -0.2) is 47.9 Å². The first-order valence-corrected chi connectivity index (χ1v) is 5.21. The van der Waals surface area contributed by atoms with Gasteiger partial charge in [-0.3, -0.25) is 9.48 Å². The van der Waals surface area contributed by atoms with Gasteiger partial charge >= 0.3 is 0 Å². The summed E-state index contributed by atoms with van der Waals surface area (Å²) >= 11 is 0. The fraction of sp³-hybridized carbons (Fsp3) is 0.600. The Morgan fingerprint density at radius 3 is 2.81 bits per heavy atom. The van der Waals surface area contributed by atoms with Gasteiger partial charge in [0.25, 0.3) is 5.91 Å². The topological polar surface area (TPSA) is 73.4 Å². The number of amides is 1. The molecule has 2 rings (SSSR count). The lowest BCUT2D eigenvalue weighted by molar-refractivity contribution is -0.0299. The number of ether oxygens (including phenoxy) is 1. The first-order valence-electron chi connectivity index (χ1n) is 5.21. The Labute approximate surface area is 94.0 Å². The van der Waals surface area contributed by atoms with Crippen LogP contribution in [0.3, 0.4) is 0 Å². The maximum atomic E-state index is 11.7. The Kier molecular flexibility index (Phi) is 2.93. The van der Waals surface area contributed by atoms with Gasteiger partial charge in [-0.25, -0.2) is 0 Å². The third-order valence-electron chi connectivity index (χ3n) is 2.61. The van der Waals surface area contributed by atoms with Gasteiger partial charge in [0.15, 0.2) is 5.69 Å². The fourth-order valence-electron chi connectivity index (χ4n) is 1.60. The molecule has 1 saturated heterocycles. The number of hydrogen-bond donors (Lipinski definition) is 1. The minimum absolute atomic E-state index is 0.103. The van der Waals surface area contributed by atoms with E-state index in [2.05, 4.69) is 5.10 Å². The number of aromatic nitrogens is 2. The van der Waals surface area contributed by atoms with Gasteiger partial charge in [-0.1, -0.05) is 0 Å². The molecule has 2 heterocycles. The summed E-state index contributed by atoms with van der Waals surface area (Å²) in [7, 11) is 3.41. The van der Waals surface area contributed by atoms with Crippen LogP contribution in [0.4, 0.5) is 0 Å². The van der Waals surface area contributed by atoms with Gasteiger partial charge in [0, 0.05) is 20.6 Å². The lowest BCUT2D eigenvalue weighted by Gasteiger charge is -2.27. The monoisotopic (exact) mass is 224 g/mol. The molecule has 2 N–H and O–H groups in total. The molecule has 0 radical (unpaired) electrons. The minimum atomic E-state index is -0.103. The molecule has 1 aromatic heterocycles. The Balaban J connectivity index is 2.28. The van der Waals surface area contributed by atoms with Gasteiger partial charge in [-0.2, -0.15) is 5.10 Å². The van der Waals surface area contributed by atoms with Crippen molar-refractivity contribution in [3.05, 3.63) is 17.5 Å². The molecule has 0 saturated carbocycles. The molecule has 0 unspecified atom stereocenters. The van der Waals surface area contributed by atoms with Gasteiger partial charge in [0.1, 0.15) is 0 Å². The highest BCUT2D eigenvalue weighted by Crippen LogP contribution is 2.19. The first kappa shape index (κ1) is 11.1. The van der Waals surface area contributed by atoms with E-state index in [9.17, 15) is 4.79 Å². The summed E-state index contributed by atoms with van der Waals surface area (Å²) in [5.74, 6) is -0.103. The van der Waals surface area contributed by atoms with Gasteiger partial charge in [0.05, 0.1) is 24.9 Å². The van der Waals surface area contributed by atoms with Crippen molar-refractivity contribution in [2.45, 2.75) is 12.6 Å². The van der Waals surface area contributed by atoms with Gasteiger partial charge in [0.2, 0.25) is 0 Å². The minimum Gasteiger partial charge on any atom is -0.377 e. The molecule has 6 nitrogen and oxygen atoms in total. The number of rotatable bonds is 3. The Bertz CT molecular complexity index is 396. The maximum absolute atomic E-state index is 11.7. The van der Waals surface area contributed by atoms with Crippen molar-refractivity contribution in [2.75, 3.05) is 27.3 Å². The summed E-state index contributed by atoms with van der Waals surface area (Å²) in [6.07, 6.45) is 0. The Hall–Kier alpha value is -1.40. The molecule has 0 atom stereocenters. The molecule has 1 fully saturated rings. The fourth-order valence-corrected chi connectivity index (χ4v) is 1.60. The largest absolute Gasteiger partial charge is 0.377 e. The molecule has 16 heavy (non-hydrogen) atoms. The van der Waals surface area contributed by atoms with Crippen molar-refractivity contribution < 1.29 is 9.53 Å². The number of hydrogen-bond acceptors (Lipinski definition) is 4. The summed E-state index contributed by atoms with van der Waals surface area (Å²) in [6.45, 7) is 1.67. The third-order valence-corrected chi connectivity index (χ3v) is 2.61. The highest BCUT2D eigenvalue weighted by molar-refractivity contribution is 5.92. The molecule has 0 aliphatic carbocycles. The standard InChI is InChI=1S/C10H16N4O2/c1-13(2)10(15)9-3-7(4-11)14(12-9)8-5-16-6-8/h3,8H,4-6,11H2,1-2H3.